The number of carbonyl (C=O) groups excluding carboxylic acids is 1. The lowest BCUT2D eigenvalue weighted by Crippen LogP contribution is -2.13. The molecule has 2 aromatic carbocycles. The van der Waals surface area contributed by atoms with E-state index in [1.54, 1.807) is 30.3 Å². The van der Waals surface area contributed by atoms with E-state index >= 15 is 0 Å². The molecule has 0 spiro atoms. The highest BCUT2D eigenvalue weighted by atomic mass is 16.5. The number of benzene rings is 2. The number of nitrogens with zero attached hydrogens (tertiary/aromatic N) is 4. The van der Waals surface area contributed by atoms with E-state index in [4.69, 9.17) is 4.74 Å². The molecule has 0 saturated carbocycles. The summed E-state index contributed by atoms with van der Waals surface area (Å²) in [4.78, 5) is 12.3. The molecule has 24 heavy (non-hydrogen) atoms. The van der Waals surface area contributed by atoms with Crippen LogP contribution in [0.25, 0.3) is 5.69 Å². The maximum absolute atomic E-state index is 12.3. The van der Waals surface area contributed by atoms with Gasteiger partial charge in [0, 0.05) is 6.07 Å². The first-order valence-electron chi connectivity index (χ1n) is 7.60. The fourth-order valence-electron chi connectivity index (χ4n) is 2.24. The van der Waals surface area contributed by atoms with Gasteiger partial charge in [0.1, 0.15) is 12.1 Å². The number of carbonyl (C=O) groups is 1. The summed E-state index contributed by atoms with van der Waals surface area (Å²) >= 11 is 0. The number of ether oxygens (including phenoxy) is 1. The van der Waals surface area contributed by atoms with Gasteiger partial charge in [0.25, 0.3) is 0 Å². The molecular formula is C18H18N4O2. The first-order valence-corrected chi connectivity index (χ1v) is 7.60. The van der Waals surface area contributed by atoms with Gasteiger partial charge in [-0.3, -0.25) is 0 Å². The van der Waals surface area contributed by atoms with Gasteiger partial charge in [0.05, 0.1) is 11.3 Å². The van der Waals surface area contributed by atoms with Crippen LogP contribution in [0.5, 0.6) is 5.75 Å². The number of rotatable bonds is 3. The highest BCUT2D eigenvalue weighted by molar-refractivity contribution is 5.91. The zero-order chi connectivity index (χ0) is 17.2. The Morgan fingerprint density at radius 3 is 2.46 bits per heavy atom. The van der Waals surface area contributed by atoms with E-state index in [1.165, 1.54) is 16.6 Å². The van der Waals surface area contributed by atoms with Gasteiger partial charge in [0.2, 0.25) is 0 Å². The molecule has 6 heteroatoms. The normalized spacial score (nSPS) is 11.3. The van der Waals surface area contributed by atoms with Crippen LogP contribution in [-0.2, 0) is 5.41 Å². The van der Waals surface area contributed by atoms with Crippen LogP contribution >= 0.6 is 0 Å². The smallest absolute Gasteiger partial charge is 0.343 e. The fraction of sp³-hybridized carbons (Fsp3) is 0.222. The molecule has 3 rings (SSSR count). The summed E-state index contributed by atoms with van der Waals surface area (Å²) < 4.78 is 6.94. The molecule has 0 aliphatic carbocycles. The van der Waals surface area contributed by atoms with Crippen molar-refractivity contribution in [3.8, 4) is 11.4 Å². The van der Waals surface area contributed by atoms with E-state index in [-0.39, 0.29) is 5.41 Å². The largest absolute Gasteiger partial charge is 0.423 e. The predicted octanol–water partition coefficient (Wildman–Crippen LogP) is 3.18. The molecule has 122 valence electrons. The zero-order valence-corrected chi connectivity index (χ0v) is 13.8. The standard InChI is InChI=1S/C18H18N4O2/c1-18(2,3)14-9-7-13(8-10-14)17(23)24-16-6-4-5-15(11-16)22-12-19-20-21-22/h4-12H,1-3H3. The maximum Gasteiger partial charge on any atom is 0.343 e. The first-order chi connectivity index (χ1) is 11.4. The highest BCUT2D eigenvalue weighted by Crippen LogP contribution is 2.23. The van der Waals surface area contributed by atoms with E-state index in [0.29, 0.717) is 17.0 Å². The van der Waals surface area contributed by atoms with Gasteiger partial charge in [0.15, 0.2) is 0 Å². The van der Waals surface area contributed by atoms with Crippen molar-refractivity contribution < 1.29 is 9.53 Å². The van der Waals surface area contributed by atoms with Gasteiger partial charge in [-0.25, -0.2) is 9.48 Å². The van der Waals surface area contributed by atoms with Crippen LogP contribution in [-0.4, -0.2) is 26.2 Å². The molecule has 0 amide bonds. The van der Waals surface area contributed by atoms with E-state index in [9.17, 15) is 4.79 Å². The molecule has 1 aromatic heterocycles. The lowest BCUT2D eigenvalue weighted by molar-refractivity contribution is 0.0734. The average Bonchev–Trinajstić information content (AvgIpc) is 3.09. The van der Waals surface area contributed by atoms with Gasteiger partial charge in [-0.2, -0.15) is 0 Å². The Morgan fingerprint density at radius 1 is 1.08 bits per heavy atom. The minimum Gasteiger partial charge on any atom is -0.423 e. The van der Waals surface area contributed by atoms with E-state index in [1.807, 2.05) is 18.2 Å². The Kier molecular flexibility index (Phi) is 4.12. The maximum atomic E-state index is 12.3. The van der Waals surface area contributed by atoms with Crippen molar-refractivity contribution in [2.75, 3.05) is 0 Å². The Hall–Kier alpha value is -3.02. The topological polar surface area (TPSA) is 69.9 Å². The molecule has 3 aromatic rings. The van der Waals surface area contributed by atoms with Gasteiger partial charge in [-0.1, -0.05) is 39.0 Å². The molecule has 0 atom stereocenters. The van der Waals surface area contributed by atoms with Crippen molar-refractivity contribution in [3.63, 3.8) is 0 Å². The third-order valence-electron chi connectivity index (χ3n) is 3.63. The molecule has 0 N–H and O–H groups in total. The minimum atomic E-state index is -0.399. The summed E-state index contributed by atoms with van der Waals surface area (Å²) in [6.45, 7) is 6.39. The van der Waals surface area contributed by atoms with Gasteiger partial charge >= 0.3 is 5.97 Å². The highest BCUT2D eigenvalue weighted by Gasteiger charge is 2.15. The minimum absolute atomic E-state index is 0.0442. The summed E-state index contributed by atoms with van der Waals surface area (Å²) in [6, 6.07) is 14.5. The van der Waals surface area contributed by atoms with Gasteiger partial charge < -0.3 is 4.74 Å². The summed E-state index contributed by atoms with van der Waals surface area (Å²) in [5.41, 5.74) is 2.44. The van der Waals surface area contributed by atoms with Crippen LogP contribution in [0.4, 0.5) is 0 Å². The summed E-state index contributed by atoms with van der Waals surface area (Å²) in [5.74, 6) is 0.0391. The molecule has 0 unspecified atom stereocenters. The van der Waals surface area contributed by atoms with Crippen molar-refractivity contribution in [2.24, 2.45) is 0 Å². The lowest BCUT2D eigenvalue weighted by Gasteiger charge is -2.18. The van der Waals surface area contributed by atoms with Crippen LogP contribution in [0, 0.1) is 0 Å². The third-order valence-corrected chi connectivity index (χ3v) is 3.63. The van der Waals surface area contributed by atoms with Crippen molar-refractivity contribution in [3.05, 3.63) is 66.0 Å². The number of hydrogen-bond acceptors (Lipinski definition) is 5. The monoisotopic (exact) mass is 322 g/mol. The Bertz CT molecular complexity index is 834. The second-order valence-corrected chi connectivity index (χ2v) is 6.47. The van der Waals surface area contributed by atoms with Gasteiger partial charge in [-0.05, 0) is 45.7 Å². The molecule has 0 fully saturated rings. The third kappa shape index (κ3) is 3.48. The van der Waals surface area contributed by atoms with E-state index in [0.717, 1.165) is 0 Å². The molecule has 1 heterocycles. The number of hydrogen-bond donors (Lipinski definition) is 0. The zero-order valence-electron chi connectivity index (χ0n) is 13.8. The van der Waals surface area contributed by atoms with Crippen molar-refractivity contribution in [2.45, 2.75) is 26.2 Å². The van der Waals surface area contributed by atoms with Gasteiger partial charge in [-0.15, -0.1) is 5.10 Å². The first kappa shape index (κ1) is 15.9. The Labute approximate surface area is 140 Å². The van der Waals surface area contributed by atoms with Crippen molar-refractivity contribution in [1.29, 1.82) is 0 Å². The second-order valence-electron chi connectivity index (χ2n) is 6.47. The molecule has 6 nitrogen and oxygen atoms in total. The summed E-state index contributed by atoms with van der Waals surface area (Å²) in [5, 5.41) is 11.0. The Balaban J connectivity index is 1.76. The average molecular weight is 322 g/mol. The molecule has 0 bridgehead atoms. The summed E-state index contributed by atoms with van der Waals surface area (Å²) in [6.07, 6.45) is 1.48. The van der Waals surface area contributed by atoms with E-state index < -0.39 is 5.97 Å². The molecular weight excluding hydrogens is 304 g/mol. The van der Waals surface area contributed by atoms with Crippen LogP contribution in [0.15, 0.2) is 54.9 Å². The number of aromatic nitrogens is 4. The van der Waals surface area contributed by atoms with E-state index in [2.05, 4.69) is 36.3 Å². The van der Waals surface area contributed by atoms with Crippen LogP contribution < -0.4 is 4.74 Å². The molecule has 0 aliphatic heterocycles. The second kappa shape index (κ2) is 6.23. The van der Waals surface area contributed by atoms with Crippen LogP contribution in [0.1, 0.15) is 36.7 Å². The van der Waals surface area contributed by atoms with Crippen molar-refractivity contribution in [1.82, 2.24) is 20.2 Å². The fourth-order valence-corrected chi connectivity index (χ4v) is 2.24. The lowest BCUT2D eigenvalue weighted by atomic mass is 9.87. The summed E-state index contributed by atoms with van der Waals surface area (Å²) in [7, 11) is 0. The Morgan fingerprint density at radius 2 is 1.83 bits per heavy atom. The predicted molar refractivity (Wildman–Crippen MR) is 89.3 cm³/mol. The van der Waals surface area contributed by atoms with Crippen LogP contribution in [0.2, 0.25) is 0 Å². The number of tetrazole rings is 1. The van der Waals surface area contributed by atoms with Crippen molar-refractivity contribution >= 4 is 5.97 Å². The van der Waals surface area contributed by atoms with Crippen LogP contribution in [0.3, 0.4) is 0 Å². The SMILES string of the molecule is CC(C)(C)c1ccc(C(=O)Oc2cccc(-n3cnnn3)c2)cc1. The molecule has 0 saturated heterocycles. The molecule has 0 aliphatic rings. The quantitative estimate of drug-likeness (QED) is 0.547. The number of esters is 1. The molecule has 0 radical (unpaired) electrons.